The Hall–Kier alpha value is 20.2. The van der Waals surface area contributed by atoms with Gasteiger partial charge in [-0.3, -0.25) is 0 Å². The lowest BCUT2D eigenvalue weighted by atomic mass is 10.2. The molecular weight excluding hydrogens is 2120 g/mol. The van der Waals surface area contributed by atoms with Crippen LogP contribution < -0.4 is 4.90 Å². The van der Waals surface area contributed by atoms with E-state index in [-0.39, 0.29) is 175 Å². The summed E-state index contributed by atoms with van der Waals surface area (Å²) in [7, 11) is 94.3. The van der Waals surface area contributed by atoms with Crippen molar-refractivity contribution in [2.45, 2.75) is 19.3 Å². The van der Waals surface area contributed by atoms with Crippen molar-refractivity contribution in [2.75, 3.05) is 44.4 Å². The number of morpholine rings is 1. The Bertz CT molecular complexity index is 2390. The lowest BCUT2D eigenvalue weighted by Crippen LogP contribution is -2.36. The number of benzene rings is 2. The first-order valence-corrected chi connectivity index (χ1v) is 119. The summed E-state index contributed by atoms with van der Waals surface area (Å²) >= 11 is 17.5. The molecule has 0 N–H and O–H groups in total. The molecule has 0 saturated carbocycles. The molecule has 4 aromatic rings. The van der Waals surface area contributed by atoms with Crippen LogP contribution in [0.25, 0.3) is 21.8 Å². The molecular formula is C27H82Cl3N3O2P52. The first-order chi connectivity index (χ1) is 40.7. The van der Waals surface area contributed by atoms with Crippen molar-refractivity contribution in [3.05, 3.63) is 75.9 Å². The van der Waals surface area contributed by atoms with Gasteiger partial charge in [0.05, 0.1) is 24.2 Å². The first-order valence-electron chi connectivity index (χ1n) is 23.5. The molecule has 2 aliphatic rings. The summed E-state index contributed by atoms with van der Waals surface area (Å²) < 4.78 is 10.4. The molecule has 87 heavy (non-hydrogen) atoms. The number of rotatable bonds is 25. The molecule has 5 nitrogen and oxygen atoms in total. The summed E-state index contributed by atoms with van der Waals surface area (Å²) in [5.41, 5.74) is 1.85. The Balaban J connectivity index is 0.000000440. The number of nitrogens with zero attached hydrogens (tertiary/aromatic N) is 3. The predicted molar refractivity (Wildman–Crippen MR) is 581 cm³/mol. The molecule has 4 heterocycles. The van der Waals surface area contributed by atoms with Crippen molar-refractivity contribution >= 4 is 478 Å². The maximum atomic E-state index is 5.95. The topological polar surface area (TPSA) is 47.5 Å². The SMILES string of the molecule is C1CCOCC1.Clc1ccc2nc(Cl)ccc2c1.Clc1ccc2nc(N3CCOCC3)ccc2c1.PP(P)P(P)P(P(P(P)P)P(P)P)P(P(P(P)P)P(P)P)P(P(P(P(P)P)P(P)P)P(P(P)P)P(P)P)P(P(P(P)P)P(P)P)P(P(P)P)P(P)P. The quantitative estimate of drug-likeness (QED) is 0.0489. The number of pyridine rings is 2. The lowest BCUT2D eigenvalue weighted by Gasteiger charge is -2.58. The van der Waals surface area contributed by atoms with Crippen LogP contribution in [0.4, 0.5) is 5.82 Å². The third-order valence-electron chi connectivity index (χ3n) is 10.2. The third-order valence-corrected chi connectivity index (χ3v) is 371. The largest absolute Gasteiger partial charge is 0.381 e. The average Bonchev–Trinajstić information content (AvgIpc) is 0.750. The van der Waals surface area contributed by atoms with Gasteiger partial charge in [0.1, 0.15) is 11.0 Å². The minimum Gasteiger partial charge on any atom is -0.381 e. The van der Waals surface area contributed by atoms with E-state index in [0.29, 0.717) is 10.2 Å². The van der Waals surface area contributed by atoms with Crippen LogP contribution in [0.2, 0.25) is 15.2 Å². The summed E-state index contributed by atoms with van der Waals surface area (Å²) in [6, 6.07) is 19.0. The van der Waals surface area contributed by atoms with Gasteiger partial charge in [0.25, 0.3) is 0 Å². The molecule has 2 saturated heterocycles. The van der Waals surface area contributed by atoms with Crippen molar-refractivity contribution in [1.82, 2.24) is 9.97 Å². The van der Waals surface area contributed by atoms with Gasteiger partial charge in [0, 0.05) is 47.1 Å². The normalized spacial score (nSPS) is 15.9. The highest BCUT2D eigenvalue weighted by molar-refractivity contribution is 9.52. The van der Waals surface area contributed by atoms with E-state index in [9.17, 15) is 0 Å². The summed E-state index contributed by atoms with van der Waals surface area (Å²) in [4.78, 5) is 11.0. The molecule has 0 radical (unpaired) electrons. The highest BCUT2D eigenvalue weighted by atomic mass is 35.5. The second kappa shape index (κ2) is 55.8. The van der Waals surface area contributed by atoms with Crippen LogP contribution in [0.1, 0.15) is 19.3 Å². The first kappa shape index (κ1) is 101. The molecule has 498 valence electrons. The van der Waals surface area contributed by atoms with Gasteiger partial charge in [-0.2, -0.15) is 0 Å². The second-order valence-electron chi connectivity index (χ2n) is 16.5. The van der Waals surface area contributed by atoms with Crippen LogP contribution in [0, 0.1) is 0 Å². The minimum absolute atomic E-state index is 0.120. The molecule has 2 aliphatic heterocycles. The average molecular weight is 2200 g/mol. The van der Waals surface area contributed by atoms with Crippen LogP contribution >= 0.6 is 451 Å². The molecule has 30 unspecified atom stereocenters. The number of hydrogen-bond donors (Lipinski definition) is 0. The molecule has 2 aromatic carbocycles. The molecule has 6 rings (SSSR count). The molecule has 0 amide bonds. The number of halogens is 3. The Morgan fingerprint density at radius 2 is 0.609 bits per heavy atom. The molecule has 0 bridgehead atoms. The van der Waals surface area contributed by atoms with Crippen molar-refractivity contribution in [3.63, 3.8) is 0 Å². The van der Waals surface area contributed by atoms with E-state index in [2.05, 4.69) is 262 Å². The van der Waals surface area contributed by atoms with Crippen LogP contribution in [0.3, 0.4) is 0 Å². The number of aromatic nitrogens is 2. The van der Waals surface area contributed by atoms with Gasteiger partial charge in [0.15, 0.2) is 0 Å². The van der Waals surface area contributed by atoms with Crippen molar-refractivity contribution in [3.8, 4) is 0 Å². The predicted octanol–water partition coefficient (Wildman–Crippen LogP) is 37.8. The Morgan fingerprint density at radius 3 is 0.920 bits per heavy atom. The second-order valence-corrected chi connectivity index (χ2v) is 231. The van der Waals surface area contributed by atoms with E-state index >= 15 is 0 Å². The standard InChI is InChI=1S/C13H13ClN2O.C9H5Cl2N.C5H10O.H54P52/c14-11-2-3-12-10(9-11)1-4-13(15-12)16-5-7-17-8-6-16;10-7-2-3-8-6(5-7)1-4-9(11)12-8;1-2-4-6-5-3-1;1-28(2)41(27)48(42(29(3)4)30(5)6)51(47(39(23)24)40(25)26)52(49(43(31(7)8)32(9)10)44(33(11)12)34(13)14)50(45(35(15)16)36(17)18)46(37(19)20)38(21)22/h1-4,9H,5-8H2;1-5H;1-5H2;1-27H2. The van der Waals surface area contributed by atoms with Crippen LogP contribution in [-0.4, -0.2) is 49.5 Å². The van der Waals surface area contributed by atoms with E-state index in [0.717, 1.165) is 72.2 Å². The van der Waals surface area contributed by atoms with E-state index in [1.165, 1.54) is 19.3 Å². The zero-order valence-corrected chi connectivity index (χ0v) is 102. The highest BCUT2D eigenvalue weighted by Crippen LogP contribution is 3.46. The number of fused-ring (bicyclic) bond motifs is 2. The summed E-state index contributed by atoms with van der Waals surface area (Å²) in [6.07, 6.45) is 3.93. The lowest BCUT2D eigenvalue weighted by molar-refractivity contribution is 0.0968. The fraction of sp³-hybridized carbons (Fsp3) is 0.333. The number of ether oxygens (including phenoxy) is 2. The molecule has 2 fully saturated rings. The zero-order chi connectivity index (χ0) is 65.9. The highest BCUT2D eigenvalue weighted by Gasteiger charge is 2.59. The van der Waals surface area contributed by atoms with Gasteiger partial charge in [-0.05, 0) is 255 Å². The van der Waals surface area contributed by atoms with Gasteiger partial charge in [-0.1, -0.05) is 34.8 Å². The summed E-state index contributed by atoms with van der Waals surface area (Å²) in [6.45, 7) is 0.903. The molecule has 0 aliphatic carbocycles. The molecule has 30 atom stereocenters. The van der Waals surface area contributed by atoms with Crippen molar-refractivity contribution < 1.29 is 9.47 Å². The van der Waals surface area contributed by atoms with Gasteiger partial charge >= 0.3 is 0 Å². The van der Waals surface area contributed by atoms with Crippen LogP contribution in [0.15, 0.2) is 60.7 Å². The minimum atomic E-state index is -0.217. The maximum absolute atomic E-state index is 5.95. The number of hydrogen-bond acceptors (Lipinski definition) is 5. The van der Waals surface area contributed by atoms with E-state index < -0.39 is 0 Å². The van der Waals surface area contributed by atoms with Crippen molar-refractivity contribution in [2.24, 2.45) is 0 Å². The fourth-order valence-corrected chi connectivity index (χ4v) is 736. The Morgan fingerprint density at radius 1 is 0.310 bits per heavy atom. The third kappa shape index (κ3) is 36.3. The summed E-state index contributed by atoms with van der Waals surface area (Å²) in [5, 5.41) is 4.05. The van der Waals surface area contributed by atoms with Gasteiger partial charge in [-0.15, -0.1) is 241 Å². The molecule has 0 spiro atoms. The Kier molecular flexibility index (Phi) is 65.0. The zero-order valence-electron chi connectivity index (χ0n) is 46.2. The van der Waals surface area contributed by atoms with E-state index in [1.807, 2.05) is 42.5 Å². The van der Waals surface area contributed by atoms with Crippen LogP contribution in [-0.2, 0) is 9.47 Å². The van der Waals surface area contributed by atoms with E-state index in [1.54, 1.807) is 12.1 Å². The Labute approximate surface area is 629 Å². The maximum Gasteiger partial charge on any atom is 0.129 e. The van der Waals surface area contributed by atoms with Crippen LogP contribution in [0.5, 0.6) is 0 Å². The fourth-order valence-electron chi connectivity index (χ4n) is 6.82. The smallest absolute Gasteiger partial charge is 0.129 e. The number of anilines is 1. The van der Waals surface area contributed by atoms with E-state index in [4.69, 9.17) is 44.3 Å². The molecule has 60 heteroatoms. The molecule has 2 aromatic heterocycles. The van der Waals surface area contributed by atoms with Crippen molar-refractivity contribution in [1.29, 1.82) is 0 Å². The van der Waals surface area contributed by atoms with Gasteiger partial charge in [-0.25, -0.2) is 9.97 Å². The van der Waals surface area contributed by atoms with Gasteiger partial charge in [0.2, 0.25) is 0 Å². The monoisotopic (exact) mass is 2200 g/mol. The summed E-state index contributed by atoms with van der Waals surface area (Å²) in [5.74, 6) is 1.02. The van der Waals surface area contributed by atoms with Gasteiger partial charge < -0.3 is 14.4 Å².